The quantitative estimate of drug-likeness (QED) is 0.484. The van der Waals surface area contributed by atoms with Gasteiger partial charge in [-0.15, -0.1) is 0 Å². The summed E-state index contributed by atoms with van der Waals surface area (Å²) in [4.78, 5) is 0. The lowest BCUT2D eigenvalue weighted by Gasteiger charge is -2.37. The van der Waals surface area contributed by atoms with Crippen LogP contribution < -0.4 is 0 Å². The van der Waals surface area contributed by atoms with E-state index in [4.69, 9.17) is 22.4 Å². The smallest absolute Gasteiger partial charge is 0.184 e. The molecular weight excluding hydrogens is 425 g/mol. The van der Waals surface area contributed by atoms with Gasteiger partial charge >= 0.3 is 0 Å². The van der Waals surface area contributed by atoms with Crippen LogP contribution in [0, 0.1) is 0 Å². The summed E-state index contributed by atoms with van der Waals surface area (Å²) in [5.74, 6) is 0. The Labute approximate surface area is 176 Å². The summed E-state index contributed by atoms with van der Waals surface area (Å²) in [6, 6.07) is 0. The van der Waals surface area contributed by atoms with Gasteiger partial charge in [0.2, 0.25) is 0 Å². The second-order valence-corrected chi connectivity index (χ2v) is 29.5. The van der Waals surface area contributed by atoms with Crippen LogP contribution >= 0.6 is 0 Å². The Kier molecular flexibility index (Phi) is 8.96. The fraction of sp³-hybridized carbons (Fsp3) is 1.00. The molecule has 0 aromatic rings. The van der Waals surface area contributed by atoms with Crippen molar-refractivity contribution in [2.24, 2.45) is 0 Å². The van der Waals surface area contributed by atoms with Crippen molar-refractivity contribution in [3.63, 3.8) is 0 Å². The van der Waals surface area contributed by atoms with Crippen LogP contribution in [0.4, 0.5) is 0 Å². The number of hydrogen-bond donors (Lipinski definition) is 1. The number of ether oxygens (including phenoxy) is 1. The van der Waals surface area contributed by atoms with Crippen molar-refractivity contribution >= 4 is 33.3 Å². The number of rotatable bonds is 10. The number of hydrogen-bond acceptors (Lipinski definition) is 6. The molecule has 0 unspecified atom stereocenters. The van der Waals surface area contributed by atoms with E-state index >= 15 is 0 Å². The van der Waals surface area contributed by atoms with E-state index in [1.54, 1.807) is 0 Å². The third-order valence-electron chi connectivity index (χ3n) is 3.76. The highest BCUT2D eigenvalue weighted by molar-refractivity contribution is 6.71. The molecule has 0 bridgehead atoms. The topological polar surface area (TPSA) is 66.4 Å². The van der Waals surface area contributed by atoms with E-state index in [-0.39, 0.29) is 12.2 Å². The minimum Gasteiger partial charge on any atom is -0.415 e. The van der Waals surface area contributed by atoms with Crippen LogP contribution in [0.3, 0.4) is 0 Å². The van der Waals surface area contributed by atoms with Gasteiger partial charge < -0.3 is 27.5 Å². The maximum atomic E-state index is 10.7. The van der Waals surface area contributed by atoms with Gasteiger partial charge in [-0.2, -0.15) is 0 Å². The summed E-state index contributed by atoms with van der Waals surface area (Å²) < 4.78 is 31.5. The number of aliphatic hydroxyl groups excluding tert-OH is 1. The Hall–Kier alpha value is 0.628. The zero-order valence-electron chi connectivity index (χ0n) is 20.1. The van der Waals surface area contributed by atoms with E-state index < -0.39 is 51.8 Å². The van der Waals surface area contributed by atoms with Gasteiger partial charge in [0, 0.05) is 0 Å². The zero-order chi connectivity index (χ0) is 22.1. The van der Waals surface area contributed by atoms with Crippen molar-refractivity contribution in [3.05, 3.63) is 0 Å². The summed E-state index contributed by atoms with van der Waals surface area (Å²) >= 11 is 0. The van der Waals surface area contributed by atoms with Crippen LogP contribution in [0.2, 0.25) is 78.6 Å². The maximum absolute atomic E-state index is 10.7. The van der Waals surface area contributed by atoms with Crippen LogP contribution in [-0.4, -0.2) is 75.7 Å². The van der Waals surface area contributed by atoms with E-state index in [2.05, 4.69) is 78.6 Å². The Morgan fingerprint density at radius 1 is 0.714 bits per heavy atom. The predicted octanol–water partition coefficient (Wildman–Crippen LogP) is 4.22. The molecule has 1 N–H and O–H groups in total. The second-order valence-electron chi connectivity index (χ2n) is 11.6. The Balaban J connectivity index is 3.18. The fourth-order valence-electron chi connectivity index (χ4n) is 3.02. The van der Waals surface area contributed by atoms with Crippen molar-refractivity contribution in [2.75, 3.05) is 6.61 Å². The average molecular weight is 469 g/mol. The zero-order valence-corrected chi connectivity index (χ0v) is 24.1. The molecule has 0 aromatic heterocycles. The van der Waals surface area contributed by atoms with E-state index in [1.165, 1.54) is 0 Å². The van der Waals surface area contributed by atoms with Gasteiger partial charge in [-0.05, 0) is 78.6 Å². The van der Waals surface area contributed by atoms with Crippen LogP contribution in [0.5, 0.6) is 0 Å². The first-order valence-electron chi connectivity index (χ1n) is 10.3. The molecule has 0 aromatic carbocycles. The van der Waals surface area contributed by atoms with Gasteiger partial charge in [0.1, 0.15) is 18.3 Å². The molecule has 1 aliphatic heterocycles. The first-order valence-corrected chi connectivity index (χ1v) is 23.9. The van der Waals surface area contributed by atoms with Gasteiger partial charge in [-0.25, -0.2) is 0 Å². The van der Waals surface area contributed by atoms with E-state index in [0.717, 1.165) is 0 Å². The molecule has 0 radical (unpaired) electrons. The molecule has 1 aliphatic rings. The lowest BCUT2D eigenvalue weighted by atomic mass is 10.1. The van der Waals surface area contributed by atoms with Gasteiger partial charge in [0.25, 0.3) is 0 Å². The standard InChI is InChI=1S/C18H44O6Si4/c1-25(2,3)20-13-14(22-26(4,5)6)15-16(23-27(7,8)9)17(18(19)21-15)24-28(10,11)12/h14-19H,13H2,1-12H3/t14-,15-,16-,17-,18-/m0/s1. The molecule has 0 amide bonds. The van der Waals surface area contributed by atoms with Crippen LogP contribution in [0.25, 0.3) is 0 Å². The van der Waals surface area contributed by atoms with Crippen molar-refractivity contribution in [2.45, 2.75) is 109 Å². The predicted molar refractivity (Wildman–Crippen MR) is 125 cm³/mol. The van der Waals surface area contributed by atoms with Crippen molar-refractivity contribution < 1.29 is 27.5 Å². The van der Waals surface area contributed by atoms with Crippen LogP contribution in [0.1, 0.15) is 0 Å². The van der Waals surface area contributed by atoms with Crippen LogP contribution in [0.15, 0.2) is 0 Å². The Morgan fingerprint density at radius 3 is 1.57 bits per heavy atom. The third-order valence-corrected chi connectivity index (χ3v) is 7.76. The molecule has 168 valence electrons. The van der Waals surface area contributed by atoms with Crippen molar-refractivity contribution in [3.8, 4) is 0 Å². The third kappa shape index (κ3) is 10.1. The number of aliphatic hydroxyl groups is 1. The molecule has 1 fully saturated rings. The SMILES string of the molecule is C[Si](C)(C)OC[C@H](O[Si](C)(C)C)[C@@H]1O[C@H](O)[C@@H](O[Si](C)(C)C)[C@H]1O[Si](C)(C)C. The summed E-state index contributed by atoms with van der Waals surface area (Å²) in [6.07, 6.45) is -2.57. The lowest BCUT2D eigenvalue weighted by molar-refractivity contribution is -0.144. The largest absolute Gasteiger partial charge is 0.415 e. The molecule has 1 saturated heterocycles. The molecule has 0 spiro atoms. The lowest BCUT2D eigenvalue weighted by Crippen LogP contribution is -2.53. The van der Waals surface area contributed by atoms with E-state index in [9.17, 15) is 5.11 Å². The molecule has 28 heavy (non-hydrogen) atoms. The minimum atomic E-state index is -1.91. The molecule has 0 saturated carbocycles. The molecule has 5 atom stereocenters. The highest BCUT2D eigenvalue weighted by Gasteiger charge is 2.52. The summed E-state index contributed by atoms with van der Waals surface area (Å²) in [5, 5.41) is 10.7. The highest BCUT2D eigenvalue weighted by Crippen LogP contribution is 2.33. The molecule has 1 heterocycles. The summed E-state index contributed by atoms with van der Waals surface area (Å²) in [6.45, 7) is 26.2. The van der Waals surface area contributed by atoms with Gasteiger partial charge in [0.15, 0.2) is 39.6 Å². The minimum absolute atomic E-state index is 0.287. The average Bonchev–Trinajstić information content (AvgIpc) is 2.66. The van der Waals surface area contributed by atoms with Crippen LogP contribution in [-0.2, 0) is 22.4 Å². The molecular formula is C18H44O6Si4. The first kappa shape index (κ1) is 26.7. The normalized spacial score (nSPS) is 28.6. The second kappa shape index (κ2) is 9.41. The molecule has 1 rings (SSSR count). The molecule has 6 nitrogen and oxygen atoms in total. The van der Waals surface area contributed by atoms with Gasteiger partial charge in [-0.3, -0.25) is 0 Å². The fourth-order valence-corrected chi connectivity index (χ4v) is 6.95. The van der Waals surface area contributed by atoms with E-state index in [0.29, 0.717) is 6.61 Å². The highest BCUT2D eigenvalue weighted by atomic mass is 28.4. The summed E-state index contributed by atoms with van der Waals surface area (Å²) in [5.41, 5.74) is 0. The molecule has 0 aliphatic carbocycles. The Morgan fingerprint density at radius 2 is 1.18 bits per heavy atom. The Bertz CT molecular complexity index is 492. The summed E-state index contributed by atoms with van der Waals surface area (Å²) in [7, 11) is -7.40. The van der Waals surface area contributed by atoms with Crippen molar-refractivity contribution in [1.29, 1.82) is 0 Å². The monoisotopic (exact) mass is 468 g/mol. The van der Waals surface area contributed by atoms with Crippen molar-refractivity contribution in [1.82, 2.24) is 0 Å². The molecule has 10 heteroatoms. The maximum Gasteiger partial charge on any atom is 0.184 e. The van der Waals surface area contributed by atoms with Gasteiger partial charge in [-0.1, -0.05) is 0 Å². The van der Waals surface area contributed by atoms with E-state index in [1.807, 2.05) is 0 Å². The van der Waals surface area contributed by atoms with Gasteiger partial charge in [0.05, 0.1) is 12.7 Å². The first-order chi connectivity index (χ1) is 12.3.